The van der Waals surface area contributed by atoms with E-state index in [4.69, 9.17) is 0 Å². The quantitative estimate of drug-likeness (QED) is 0.699. The van der Waals surface area contributed by atoms with Crippen molar-refractivity contribution in [1.29, 1.82) is 0 Å². The van der Waals surface area contributed by atoms with E-state index in [0.717, 1.165) is 19.3 Å². The van der Waals surface area contributed by atoms with Gasteiger partial charge in [-0.15, -0.1) is 0 Å². The second-order valence-electron chi connectivity index (χ2n) is 6.07. The van der Waals surface area contributed by atoms with E-state index in [9.17, 15) is 9.59 Å². The van der Waals surface area contributed by atoms with Crippen molar-refractivity contribution in [3.8, 4) is 0 Å². The highest BCUT2D eigenvalue weighted by atomic mass is 16.2. The summed E-state index contributed by atoms with van der Waals surface area (Å²) in [5.41, 5.74) is 2.65. The van der Waals surface area contributed by atoms with Gasteiger partial charge in [0.05, 0.1) is 0 Å². The average molecular weight is 303 g/mol. The van der Waals surface area contributed by atoms with Crippen molar-refractivity contribution in [2.75, 3.05) is 13.1 Å². The molecule has 0 bridgehead atoms. The van der Waals surface area contributed by atoms with Crippen LogP contribution in [0.4, 0.5) is 4.79 Å². The number of nitrogens with one attached hydrogen (secondary N) is 3. The minimum absolute atomic E-state index is 0.000238. The van der Waals surface area contributed by atoms with E-state index < -0.39 is 0 Å². The molecule has 1 aromatic rings. The van der Waals surface area contributed by atoms with E-state index in [1.807, 2.05) is 26.0 Å². The van der Waals surface area contributed by atoms with E-state index >= 15 is 0 Å². The first kappa shape index (κ1) is 16.3. The number of carbonyl (C=O) groups is 2. The smallest absolute Gasteiger partial charge is 0.315 e. The number of amides is 3. The lowest BCUT2D eigenvalue weighted by Crippen LogP contribution is -2.43. The second kappa shape index (κ2) is 7.82. The molecule has 0 radical (unpaired) electrons. The zero-order chi connectivity index (χ0) is 15.9. The monoisotopic (exact) mass is 303 g/mol. The van der Waals surface area contributed by atoms with E-state index in [1.54, 1.807) is 0 Å². The first-order valence-corrected chi connectivity index (χ1v) is 7.95. The Labute approximate surface area is 131 Å². The molecule has 1 aliphatic rings. The molecule has 0 spiro atoms. The number of urea groups is 1. The molecule has 0 saturated carbocycles. The lowest BCUT2D eigenvalue weighted by atomic mass is 10.1. The number of rotatable bonds is 6. The third kappa shape index (κ3) is 4.76. The van der Waals surface area contributed by atoms with E-state index in [1.165, 1.54) is 11.1 Å². The molecule has 0 saturated heterocycles. The molecule has 0 aromatic heterocycles. The summed E-state index contributed by atoms with van der Waals surface area (Å²) >= 11 is 0. The fourth-order valence-electron chi connectivity index (χ4n) is 2.60. The molecule has 120 valence electrons. The molecule has 5 heteroatoms. The zero-order valence-electron chi connectivity index (χ0n) is 13.3. The predicted molar refractivity (Wildman–Crippen MR) is 86.6 cm³/mol. The predicted octanol–water partition coefficient (Wildman–Crippen LogP) is 1.62. The number of hydrogen-bond donors (Lipinski definition) is 3. The number of carbonyl (C=O) groups excluding carboxylic acids is 2. The van der Waals surface area contributed by atoms with Crippen LogP contribution in [0.3, 0.4) is 0 Å². The fourth-order valence-corrected chi connectivity index (χ4v) is 2.60. The maximum absolute atomic E-state index is 11.8. The van der Waals surface area contributed by atoms with Crippen LogP contribution in [0.1, 0.15) is 31.4 Å². The summed E-state index contributed by atoms with van der Waals surface area (Å²) in [6.07, 6.45) is 2.53. The molecule has 0 aliphatic heterocycles. The van der Waals surface area contributed by atoms with Crippen molar-refractivity contribution in [3.63, 3.8) is 0 Å². The second-order valence-corrected chi connectivity index (χ2v) is 6.07. The van der Waals surface area contributed by atoms with Gasteiger partial charge in [0.1, 0.15) is 0 Å². The maximum Gasteiger partial charge on any atom is 0.315 e. The minimum Gasteiger partial charge on any atom is -0.356 e. The van der Waals surface area contributed by atoms with Gasteiger partial charge in [-0.05, 0) is 30.4 Å². The Balaban J connectivity index is 1.59. The van der Waals surface area contributed by atoms with Crippen molar-refractivity contribution < 1.29 is 9.59 Å². The van der Waals surface area contributed by atoms with Crippen LogP contribution in [0.25, 0.3) is 0 Å². The molecule has 5 nitrogen and oxygen atoms in total. The van der Waals surface area contributed by atoms with Crippen LogP contribution in [0.5, 0.6) is 0 Å². The lowest BCUT2D eigenvalue weighted by molar-refractivity contribution is -0.123. The zero-order valence-corrected chi connectivity index (χ0v) is 13.3. The van der Waals surface area contributed by atoms with Crippen LogP contribution < -0.4 is 16.0 Å². The Hall–Kier alpha value is -2.04. The fraction of sp³-hybridized carbons (Fsp3) is 0.529. The molecule has 1 aromatic carbocycles. The Kier molecular flexibility index (Phi) is 5.81. The van der Waals surface area contributed by atoms with E-state index in [0.29, 0.717) is 13.1 Å². The normalized spacial score (nSPS) is 13.8. The molecule has 0 fully saturated rings. The summed E-state index contributed by atoms with van der Waals surface area (Å²) in [5, 5.41) is 8.67. The van der Waals surface area contributed by atoms with Gasteiger partial charge in [0.2, 0.25) is 5.91 Å². The van der Waals surface area contributed by atoms with Crippen LogP contribution in [-0.4, -0.2) is 31.1 Å². The van der Waals surface area contributed by atoms with Crippen LogP contribution in [0.15, 0.2) is 24.3 Å². The van der Waals surface area contributed by atoms with Gasteiger partial charge in [0, 0.05) is 25.0 Å². The molecule has 0 heterocycles. The Morgan fingerprint density at radius 3 is 2.27 bits per heavy atom. The Bertz CT molecular complexity index is 503. The van der Waals surface area contributed by atoms with Crippen LogP contribution in [0, 0.1) is 5.92 Å². The topological polar surface area (TPSA) is 70.2 Å². The molecule has 22 heavy (non-hydrogen) atoms. The summed E-state index contributed by atoms with van der Waals surface area (Å²) in [5.74, 6) is 0.0495. The van der Waals surface area contributed by atoms with Crippen molar-refractivity contribution in [3.05, 3.63) is 35.4 Å². The maximum atomic E-state index is 11.8. The Morgan fingerprint density at radius 2 is 1.68 bits per heavy atom. The molecular formula is C17H25N3O2. The first-order chi connectivity index (χ1) is 10.6. The number of fused-ring (bicyclic) bond motifs is 1. The minimum atomic E-state index is -0.131. The summed E-state index contributed by atoms with van der Waals surface area (Å²) in [6, 6.07) is 8.35. The van der Waals surface area contributed by atoms with Gasteiger partial charge in [-0.3, -0.25) is 4.79 Å². The van der Waals surface area contributed by atoms with Gasteiger partial charge in [0.15, 0.2) is 0 Å². The summed E-state index contributed by atoms with van der Waals surface area (Å²) in [6.45, 7) is 4.87. The van der Waals surface area contributed by atoms with Crippen LogP contribution in [0.2, 0.25) is 0 Å². The van der Waals surface area contributed by atoms with Crippen molar-refractivity contribution >= 4 is 11.9 Å². The standard InChI is InChI=1S/C17H25N3O2/c1-12(2)16(21)18-8-5-9-19-17(22)20-15-10-13-6-3-4-7-14(13)11-15/h3-4,6-7,12,15H,5,8-11H2,1-2H3,(H,18,21)(H2,19,20,22). The SMILES string of the molecule is CC(C)C(=O)NCCCNC(=O)NC1Cc2ccccc2C1. The van der Waals surface area contributed by atoms with Gasteiger partial charge in [-0.25, -0.2) is 4.79 Å². The van der Waals surface area contributed by atoms with Gasteiger partial charge in [0.25, 0.3) is 0 Å². The van der Waals surface area contributed by atoms with Crippen LogP contribution in [-0.2, 0) is 17.6 Å². The molecular weight excluding hydrogens is 278 g/mol. The largest absolute Gasteiger partial charge is 0.356 e. The highest BCUT2D eigenvalue weighted by molar-refractivity contribution is 5.77. The van der Waals surface area contributed by atoms with E-state index in [-0.39, 0.29) is 23.9 Å². The van der Waals surface area contributed by atoms with E-state index in [2.05, 4.69) is 28.1 Å². The number of hydrogen-bond acceptors (Lipinski definition) is 2. The van der Waals surface area contributed by atoms with Gasteiger partial charge >= 0.3 is 6.03 Å². The molecule has 0 atom stereocenters. The lowest BCUT2D eigenvalue weighted by Gasteiger charge is -2.13. The van der Waals surface area contributed by atoms with Gasteiger partial charge < -0.3 is 16.0 Å². The Morgan fingerprint density at radius 1 is 1.09 bits per heavy atom. The van der Waals surface area contributed by atoms with Crippen LogP contribution >= 0.6 is 0 Å². The molecule has 3 amide bonds. The molecule has 3 N–H and O–H groups in total. The highest BCUT2D eigenvalue weighted by Gasteiger charge is 2.21. The van der Waals surface area contributed by atoms with Crippen molar-refractivity contribution in [1.82, 2.24) is 16.0 Å². The summed E-state index contributed by atoms with van der Waals surface area (Å²) in [4.78, 5) is 23.2. The highest BCUT2D eigenvalue weighted by Crippen LogP contribution is 2.21. The molecule has 2 rings (SSSR count). The summed E-state index contributed by atoms with van der Waals surface area (Å²) in [7, 11) is 0. The number of benzene rings is 1. The third-order valence-electron chi connectivity index (χ3n) is 3.85. The van der Waals surface area contributed by atoms with Gasteiger partial charge in [-0.2, -0.15) is 0 Å². The third-order valence-corrected chi connectivity index (χ3v) is 3.85. The molecule has 0 unspecified atom stereocenters. The average Bonchev–Trinajstić information content (AvgIpc) is 2.88. The van der Waals surface area contributed by atoms with Gasteiger partial charge in [-0.1, -0.05) is 38.1 Å². The molecule has 1 aliphatic carbocycles. The van der Waals surface area contributed by atoms with Crippen molar-refractivity contribution in [2.24, 2.45) is 5.92 Å². The van der Waals surface area contributed by atoms with Crippen molar-refractivity contribution in [2.45, 2.75) is 39.2 Å². The first-order valence-electron chi connectivity index (χ1n) is 7.95. The summed E-state index contributed by atoms with van der Waals surface area (Å²) < 4.78 is 0.